The van der Waals surface area contributed by atoms with Crippen LogP contribution in [0.1, 0.15) is 12.5 Å². The lowest BCUT2D eigenvalue weighted by atomic mass is 10.2. The summed E-state index contributed by atoms with van der Waals surface area (Å²) in [6, 6.07) is 5.53. The van der Waals surface area contributed by atoms with E-state index in [4.69, 9.17) is 11.6 Å². The molecule has 3 nitrogen and oxygen atoms in total. The van der Waals surface area contributed by atoms with Gasteiger partial charge in [-0.15, -0.1) is 0 Å². The first kappa shape index (κ1) is 13.3. The van der Waals surface area contributed by atoms with Gasteiger partial charge in [-0.3, -0.25) is 0 Å². The normalized spacial score (nSPS) is 13.1. The maximum absolute atomic E-state index is 9.65. The van der Waals surface area contributed by atoms with E-state index < -0.39 is 0 Å². The van der Waals surface area contributed by atoms with Crippen molar-refractivity contribution < 1.29 is 5.11 Å². The largest absolute Gasteiger partial charge is 0.508 e. The van der Waals surface area contributed by atoms with Crippen LogP contribution in [0.15, 0.2) is 18.2 Å². The van der Waals surface area contributed by atoms with Crippen LogP contribution in [0.2, 0.25) is 5.02 Å². The predicted octanol–water partition coefficient (Wildman–Crippen LogP) is 2.09. The van der Waals surface area contributed by atoms with Gasteiger partial charge < -0.3 is 15.3 Å². The topological polar surface area (TPSA) is 35.5 Å². The van der Waals surface area contributed by atoms with Crippen LogP contribution in [0.25, 0.3) is 0 Å². The van der Waals surface area contributed by atoms with Crippen molar-refractivity contribution in [1.29, 1.82) is 0 Å². The summed E-state index contributed by atoms with van der Waals surface area (Å²) in [6.45, 7) is 3.64. The molecule has 2 N–H and O–H groups in total. The van der Waals surface area contributed by atoms with Gasteiger partial charge in [0, 0.05) is 29.7 Å². The van der Waals surface area contributed by atoms with Crippen LogP contribution in [0.4, 0.5) is 0 Å². The van der Waals surface area contributed by atoms with Crippen molar-refractivity contribution in [2.75, 3.05) is 20.6 Å². The van der Waals surface area contributed by atoms with Crippen LogP contribution in [0, 0.1) is 0 Å². The van der Waals surface area contributed by atoms with Crippen molar-refractivity contribution >= 4 is 11.6 Å². The van der Waals surface area contributed by atoms with Crippen LogP contribution < -0.4 is 5.32 Å². The van der Waals surface area contributed by atoms with E-state index in [0.717, 1.165) is 12.1 Å². The number of likely N-dealkylation sites (N-methyl/N-ethyl adjacent to an activating group) is 1. The van der Waals surface area contributed by atoms with Crippen molar-refractivity contribution in [3.8, 4) is 5.75 Å². The van der Waals surface area contributed by atoms with E-state index in [9.17, 15) is 5.11 Å². The molecule has 0 amide bonds. The lowest BCUT2D eigenvalue weighted by Crippen LogP contribution is -2.35. The molecule has 0 radical (unpaired) electrons. The third-order valence-corrected chi connectivity index (χ3v) is 2.71. The van der Waals surface area contributed by atoms with E-state index in [-0.39, 0.29) is 5.75 Å². The maximum atomic E-state index is 9.65. The van der Waals surface area contributed by atoms with Crippen molar-refractivity contribution in [3.63, 3.8) is 0 Å². The van der Waals surface area contributed by atoms with Crippen molar-refractivity contribution in [2.24, 2.45) is 0 Å². The number of halogens is 1. The van der Waals surface area contributed by atoms with E-state index in [1.807, 2.05) is 14.1 Å². The molecule has 0 saturated carbocycles. The van der Waals surface area contributed by atoms with Crippen molar-refractivity contribution in [1.82, 2.24) is 10.2 Å². The van der Waals surface area contributed by atoms with Gasteiger partial charge >= 0.3 is 0 Å². The van der Waals surface area contributed by atoms with Gasteiger partial charge in [0.05, 0.1) is 0 Å². The van der Waals surface area contributed by atoms with Gasteiger partial charge in [0.2, 0.25) is 0 Å². The first-order valence-corrected chi connectivity index (χ1v) is 5.73. The quantitative estimate of drug-likeness (QED) is 0.830. The number of nitrogens with zero attached hydrogens (tertiary/aromatic N) is 1. The summed E-state index contributed by atoms with van der Waals surface area (Å²) in [7, 11) is 4.07. The van der Waals surface area contributed by atoms with Crippen LogP contribution in [-0.4, -0.2) is 36.7 Å². The second-order valence-corrected chi connectivity index (χ2v) is 4.69. The van der Waals surface area contributed by atoms with E-state index in [2.05, 4.69) is 17.1 Å². The molecule has 90 valence electrons. The molecule has 16 heavy (non-hydrogen) atoms. The highest BCUT2D eigenvalue weighted by molar-refractivity contribution is 6.31. The second-order valence-electron chi connectivity index (χ2n) is 4.28. The molecular weight excluding hydrogens is 224 g/mol. The van der Waals surface area contributed by atoms with Gasteiger partial charge in [0.15, 0.2) is 0 Å². The average molecular weight is 243 g/mol. The minimum absolute atomic E-state index is 0.247. The second kappa shape index (κ2) is 6.09. The zero-order valence-corrected chi connectivity index (χ0v) is 10.8. The Morgan fingerprint density at radius 3 is 2.69 bits per heavy atom. The molecule has 1 atom stereocenters. The predicted molar refractivity (Wildman–Crippen MR) is 68.0 cm³/mol. The van der Waals surface area contributed by atoms with Crippen LogP contribution >= 0.6 is 11.6 Å². The third-order valence-electron chi connectivity index (χ3n) is 2.36. The molecule has 0 aliphatic rings. The molecular formula is C12H19ClN2O. The molecule has 1 rings (SSSR count). The lowest BCUT2D eigenvalue weighted by Gasteiger charge is -2.19. The number of phenols is 1. The zero-order chi connectivity index (χ0) is 12.1. The monoisotopic (exact) mass is 242 g/mol. The summed E-state index contributed by atoms with van der Waals surface area (Å²) in [4.78, 5) is 2.12. The molecule has 1 unspecified atom stereocenters. The SMILES string of the molecule is CC(CN(C)C)NCc1c(O)cccc1Cl. The molecule has 0 saturated heterocycles. The minimum Gasteiger partial charge on any atom is -0.508 e. The average Bonchev–Trinajstić information content (AvgIpc) is 2.15. The number of hydrogen-bond acceptors (Lipinski definition) is 3. The standard InChI is InChI=1S/C12H19ClN2O/c1-9(8-15(2)3)14-7-10-11(13)5-4-6-12(10)16/h4-6,9,14,16H,7-8H2,1-3H3. The Morgan fingerprint density at radius 1 is 1.44 bits per heavy atom. The Labute approximate surface area is 102 Å². The number of phenolic OH excluding ortho intramolecular Hbond substituents is 1. The molecule has 0 bridgehead atoms. The van der Waals surface area contributed by atoms with Crippen LogP contribution in [0.3, 0.4) is 0 Å². The third kappa shape index (κ3) is 4.00. The summed E-state index contributed by atoms with van der Waals surface area (Å²) < 4.78 is 0. The van der Waals surface area contributed by atoms with Gasteiger partial charge in [-0.1, -0.05) is 17.7 Å². The van der Waals surface area contributed by atoms with Gasteiger partial charge in [-0.25, -0.2) is 0 Å². The highest BCUT2D eigenvalue weighted by Gasteiger charge is 2.08. The minimum atomic E-state index is 0.247. The fourth-order valence-electron chi connectivity index (χ4n) is 1.61. The number of rotatable bonds is 5. The van der Waals surface area contributed by atoms with E-state index in [1.165, 1.54) is 0 Å². The van der Waals surface area contributed by atoms with E-state index >= 15 is 0 Å². The smallest absolute Gasteiger partial charge is 0.121 e. The summed E-state index contributed by atoms with van der Waals surface area (Å²) in [5, 5.41) is 13.6. The van der Waals surface area contributed by atoms with Gasteiger partial charge in [-0.2, -0.15) is 0 Å². The summed E-state index contributed by atoms with van der Waals surface area (Å²) in [6.07, 6.45) is 0. The maximum Gasteiger partial charge on any atom is 0.121 e. The van der Waals surface area contributed by atoms with Crippen molar-refractivity contribution in [3.05, 3.63) is 28.8 Å². The van der Waals surface area contributed by atoms with E-state index in [1.54, 1.807) is 18.2 Å². The molecule has 0 fully saturated rings. The van der Waals surface area contributed by atoms with Crippen LogP contribution in [0.5, 0.6) is 5.75 Å². The highest BCUT2D eigenvalue weighted by Crippen LogP contribution is 2.24. The van der Waals surface area contributed by atoms with E-state index in [0.29, 0.717) is 17.6 Å². The Morgan fingerprint density at radius 2 is 2.12 bits per heavy atom. The number of benzene rings is 1. The number of nitrogens with one attached hydrogen (secondary N) is 1. The zero-order valence-electron chi connectivity index (χ0n) is 10.00. The Kier molecular flexibility index (Phi) is 5.06. The Bertz CT molecular complexity index is 322. The Hall–Kier alpha value is -0.770. The lowest BCUT2D eigenvalue weighted by molar-refractivity contribution is 0.347. The van der Waals surface area contributed by atoms with Gasteiger partial charge in [0.1, 0.15) is 5.75 Å². The first-order valence-electron chi connectivity index (χ1n) is 5.35. The molecule has 0 spiro atoms. The first-order chi connectivity index (χ1) is 7.50. The molecule has 0 heterocycles. The summed E-state index contributed by atoms with van der Waals surface area (Å²) >= 11 is 6.01. The molecule has 4 heteroatoms. The summed E-state index contributed by atoms with van der Waals surface area (Å²) in [5.74, 6) is 0.247. The fourth-order valence-corrected chi connectivity index (χ4v) is 1.85. The molecule has 1 aromatic rings. The fraction of sp³-hybridized carbons (Fsp3) is 0.500. The van der Waals surface area contributed by atoms with Crippen LogP contribution in [-0.2, 0) is 6.54 Å². The summed E-state index contributed by atoms with van der Waals surface area (Å²) in [5.41, 5.74) is 0.759. The van der Waals surface area contributed by atoms with Crippen molar-refractivity contribution in [2.45, 2.75) is 19.5 Å². The Balaban J connectivity index is 2.54. The molecule has 0 aromatic heterocycles. The number of hydrogen-bond donors (Lipinski definition) is 2. The molecule has 1 aromatic carbocycles. The highest BCUT2D eigenvalue weighted by atomic mass is 35.5. The molecule has 0 aliphatic carbocycles. The van der Waals surface area contributed by atoms with Gasteiger partial charge in [-0.05, 0) is 33.2 Å². The number of aromatic hydroxyl groups is 1. The molecule has 0 aliphatic heterocycles. The van der Waals surface area contributed by atoms with Gasteiger partial charge in [0.25, 0.3) is 0 Å².